The number of esters is 1. The van der Waals surface area contributed by atoms with Crippen molar-refractivity contribution in [1.82, 2.24) is 0 Å². The molecule has 6 heteroatoms. The first kappa shape index (κ1) is 12.7. The lowest BCUT2D eigenvalue weighted by molar-refractivity contribution is -0.152. The SMILES string of the molecule is CCOC(=O)C(=O)Nc1ccccc(=O)c1O. The molecule has 0 aliphatic rings. The fourth-order valence-electron chi connectivity index (χ4n) is 1.06. The van der Waals surface area contributed by atoms with E-state index in [-0.39, 0.29) is 12.3 Å². The predicted molar refractivity (Wildman–Crippen MR) is 59.6 cm³/mol. The normalized spacial score (nSPS) is 9.47. The van der Waals surface area contributed by atoms with E-state index in [4.69, 9.17) is 0 Å². The molecule has 6 nitrogen and oxygen atoms in total. The Kier molecular flexibility index (Phi) is 4.21. The zero-order valence-electron chi connectivity index (χ0n) is 9.10. The maximum absolute atomic E-state index is 11.3. The lowest BCUT2D eigenvalue weighted by atomic mass is 10.4. The first-order chi connectivity index (χ1) is 8.06. The molecule has 0 bridgehead atoms. The monoisotopic (exact) mass is 237 g/mol. The van der Waals surface area contributed by atoms with Crippen LogP contribution in [0.25, 0.3) is 0 Å². The summed E-state index contributed by atoms with van der Waals surface area (Å²) in [7, 11) is 0. The Labute approximate surface area is 96.8 Å². The second kappa shape index (κ2) is 5.64. The molecule has 0 aliphatic heterocycles. The molecule has 0 saturated carbocycles. The summed E-state index contributed by atoms with van der Waals surface area (Å²) in [5, 5.41) is 11.5. The maximum atomic E-state index is 11.3. The van der Waals surface area contributed by atoms with Crippen molar-refractivity contribution in [3.8, 4) is 5.75 Å². The minimum Gasteiger partial charge on any atom is -0.503 e. The zero-order valence-corrected chi connectivity index (χ0v) is 9.10. The standard InChI is InChI=1S/C11H11NO5/c1-2-17-11(16)10(15)12-7-5-3-4-6-8(13)9(7)14/h3-6H,2H2,1H3,(H2,12,13,14,15). The minimum absolute atomic E-state index is 0.0631. The highest BCUT2D eigenvalue weighted by Crippen LogP contribution is 2.15. The van der Waals surface area contributed by atoms with Gasteiger partial charge in [-0.25, -0.2) is 4.79 Å². The van der Waals surface area contributed by atoms with Gasteiger partial charge in [0.15, 0.2) is 5.75 Å². The maximum Gasteiger partial charge on any atom is 0.397 e. The first-order valence-corrected chi connectivity index (χ1v) is 4.86. The third-order valence-electron chi connectivity index (χ3n) is 1.82. The van der Waals surface area contributed by atoms with Crippen LogP contribution in [-0.2, 0) is 14.3 Å². The second-order valence-corrected chi connectivity index (χ2v) is 3.02. The van der Waals surface area contributed by atoms with Crippen LogP contribution in [0.15, 0.2) is 29.1 Å². The number of hydrogen-bond donors (Lipinski definition) is 2. The summed E-state index contributed by atoms with van der Waals surface area (Å²) in [6.45, 7) is 1.62. The summed E-state index contributed by atoms with van der Waals surface area (Å²) >= 11 is 0. The van der Waals surface area contributed by atoms with Crippen LogP contribution in [0, 0.1) is 0 Å². The van der Waals surface area contributed by atoms with Gasteiger partial charge in [-0.2, -0.15) is 0 Å². The molecule has 0 heterocycles. The molecule has 0 unspecified atom stereocenters. The van der Waals surface area contributed by atoms with Crippen LogP contribution in [0.3, 0.4) is 0 Å². The summed E-state index contributed by atoms with van der Waals surface area (Å²) in [6.07, 6.45) is 0. The Hall–Kier alpha value is -2.37. The van der Waals surface area contributed by atoms with E-state index in [0.29, 0.717) is 0 Å². The third-order valence-corrected chi connectivity index (χ3v) is 1.82. The fraction of sp³-hybridized carbons (Fsp3) is 0.182. The number of nitrogens with one attached hydrogen (secondary N) is 1. The quantitative estimate of drug-likeness (QED) is 0.568. The molecule has 0 aliphatic carbocycles. The number of amides is 1. The molecule has 1 amide bonds. The van der Waals surface area contributed by atoms with Crippen LogP contribution in [0.4, 0.5) is 5.69 Å². The van der Waals surface area contributed by atoms with Gasteiger partial charge in [0.1, 0.15) is 0 Å². The summed E-state index contributed by atoms with van der Waals surface area (Å²) in [6, 6.07) is 5.28. The van der Waals surface area contributed by atoms with Crippen molar-refractivity contribution in [2.75, 3.05) is 11.9 Å². The molecule has 17 heavy (non-hydrogen) atoms. The molecule has 0 aromatic heterocycles. The molecule has 0 atom stereocenters. The largest absolute Gasteiger partial charge is 0.503 e. The molecule has 1 aromatic rings. The molecule has 0 fully saturated rings. The number of carbonyl (C=O) groups excluding carboxylic acids is 2. The highest BCUT2D eigenvalue weighted by molar-refractivity contribution is 6.37. The van der Waals surface area contributed by atoms with Gasteiger partial charge in [-0.05, 0) is 19.1 Å². The van der Waals surface area contributed by atoms with Gasteiger partial charge in [-0.3, -0.25) is 9.59 Å². The molecule has 1 aromatic carbocycles. The second-order valence-electron chi connectivity index (χ2n) is 3.02. The summed E-state index contributed by atoms with van der Waals surface area (Å²) in [5.74, 6) is -2.76. The molecule has 0 saturated heterocycles. The van der Waals surface area contributed by atoms with Gasteiger partial charge in [0, 0.05) is 0 Å². The molecule has 1 rings (SSSR count). The fourth-order valence-corrected chi connectivity index (χ4v) is 1.06. The minimum atomic E-state index is -1.08. The highest BCUT2D eigenvalue weighted by atomic mass is 16.5. The van der Waals surface area contributed by atoms with Crippen molar-refractivity contribution in [3.05, 3.63) is 34.5 Å². The van der Waals surface area contributed by atoms with Crippen molar-refractivity contribution < 1.29 is 19.4 Å². The molecule has 2 N–H and O–H groups in total. The zero-order chi connectivity index (χ0) is 12.8. The van der Waals surface area contributed by atoms with Gasteiger partial charge < -0.3 is 15.2 Å². The van der Waals surface area contributed by atoms with E-state index in [0.717, 1.165) is 6.07 Å². The summed E-state index contributed by atoms with van der Waals surface area (Å²) in [5.41, 5.74) is -0.799. The average Bonchev–Trinajstić information content (AvgIpc) is 2.45. The molecular formula is C11H11NO5. The van der Waals surface area contributed by atoms with Crippen LogP contribution in [-0.4, -0.2) is 23.6 Å². The number of rotatable bonds is 2. The Balaban J connectivity index is 2.94. The van der Waals surface area contributed by atoms with E-state index < -0.39 is 23.1 Å². The van der Waals surface area contributed by atoms with Gasteiger partial charge in [0.05, 0.1) is 12.3 Å². The lowest BCUT2D eigenvalue weighted by Crippen LogP contribution is -2.25. The van der Waals surface area contributed by atoms with Crippen LogP contribution in [0.1, 0.15) is 6.92 Å². The van der Waals surface area contributed by atoms with Gasteiger partial charge >= 0.3 is 11.9 Å². The van der Waals surface area contributed by atoms with E-state index in [9.17, 15) is 19.5 Å². The third kappa shape index (κ3) is 3.30. The number of ether oxygens (including phenoxy) is 1. The number of carbonyl (C=O) groups is 2. The van der Waals surface area contributed by atoms with Gasteiger partial charge in [0.25, 0.3) is 0 Å². The molecular weight excluding hydrogens is 226 g/mol. The van der Waals surface area contributed by atoms with Crippen molar-refractivity contribution in [2.24, 2.45) is 0 Å². The smallest absolute Gasteiger partial charge is 0.397 e. The van der Waals surface area contributed by atoms with Crippen LogP contribution in [0.2, 0.25) is 0 Å². The Morgan fingerprint density at radius 3 is 2.65 bits per heavy atom. The predicted octanol–water partition coefficient (Wildman–Crippen LogP) is 0.254. The average molecular weight is 237 g/mol. The van der Waals surface area contributed by atoms with Gasteiger partial charge in [-0.15, -0.1) is 0 Å². The van der Waals surface area contributed by atoms with Crippen molar-refractivity contribution in [1.29, 1.82) is 0 Å². The van der Waals surface area contributed by atoms with Gasteiger partial charge in [0.2, 0.25) is 5.43 Å². The van der Waals surface area contributed by atoms with Gasteiger partial charge in [-0.1, -0.05) is 12.1 Å². The molecule has 0 spiro atoms. The van der Waals surface area contributed by atoms with Crippen molar-refractivity contribution in [2.45, 2.75) is 6.92 Å². The first-order valence-electron chi connectivity index (χ1n) is 4.86. The van der Waals surface area contributed by atoms with E-state index in [1.165, 1.54) is 18.2 Å². The number of aromatic hydroxyl groups is 1. The Morgan fingerprint density at radius 2 is 2.00 bits per heavy atom. The Bertz CT molecular complexity index is 497. The topological polar surface area (TPSA) is 92.7 Å². The summed E-state index contributed by atoms with van der Waals surface area (Å²) < 4.78 is 4.46. The van der Waals surface area contributed by atoms with E-state index in [1.54, 1.807) is 6.92 Å². The molecule has 0 radical (unpaired) electrons. The van der Waals surface area contributed by atoms with Crippen LogP contribution in [0.5, 0.6) is 5.75 Å². The van der Waals surface area contributed by atoms with Crippen molar-refractivity contribution in [3.63, 3.8) is 0 Å². The lowest BCUT2D eigenvalue weighted by Gasteiger charge is -2.03. The van der Waals surface area contributed by atoms with Crippen LogP contribution < -0.4 is 10.7 Å². The number of anilines is 1. The highest BCUT2D eigenvalue weighted by Gasteiger charge is 2.16. The van der Waals surface area contributed by atoms with Crippen LogP contribution >= 0.6 is 0 Å². The Morgan fingerprint density at radius 1 is 1.35 bits per heavy atom. The number of hydrogen-bond acceptors (Lipinski definition) is 5. The van der Waals surface area contributed by atoms with E-state index >= 15 is 0 Å². The van der Waals surface area contributed by atoms with Crippen molar-refractivity contribution >= 4 is 17.6 Å². The summed E-state index contributed by atoms with van der Waals surface area (Å²) in [4.78, 5) is 33.5. The molecule has 90 valence electrons. The van der Waals surface area contributed by atoms with E-state index in [2.05, 4.69) is 10.1 Å². The van der Waals surface area contributed by atoms with E-state index in [1.807, 2.05) is 0 Å².